The molecule has 0 atom stereocenters. The lowest BCUT2D eigenvalue weighted by Crippen LogP contribution is -2.24. The quantitative estimate of drug-likeness (QED) is 0.341. The van der Waals surface area contributed by atoms with Crippen molar-refractivity contribution in [2.75, 3.05) is 6.54 Å². The van der Waals surface area contributed by atoms with Crippen LogP contribution >= 0.6 is 11.9 Å². The predicted molar refractivity (Wildman–Crippen MR) is 132 cm³/mol. The van der Waals surface area contributed by atoms with Gasteiger partial charge < -0.3 is 14.6 Å². The number of hydrogen-bond donors (Lipinski definition) is 1. The molecule has 34 heavy (non-hydrogen) atoms. The Bertz CT molecular complexity index is 1240. The van der Waals surface area contributed by atoms with Gasteiger partial charge in [-0.1, -0.05) is 13.0 Å². The van der Waals surface area contributed by atoms with Gasteiger partial charge in [0.2, 0.25) is 0 Å². The van der Waals surface area contributed by atoms with Crippen LogP contribution < -0.4 is 9.47 Å². The standard InChI is InChI=1S/C25H27NO6S2/c1-5-26(34(29,30)23-15-6-18(4)24(16-23)25(27)28)33-22-13-11-21(12-14-22)32-20-9-7-19(8-10-20)31-17(2)3/h6-17H,5H2,1-4H3,(H,27,28). The van der Waals surface area contributed by atoms with Crippen molar-refractivity contribution in [3.63, 3.8) is 0 Å². The molecule has 9 heteroatoms. The Balaban J connectivity index is 1.72. The zero-order valence-corrected chi connectivity index (χ0v) is 21.0. The molecule has 3 aromatic carbocycles. The van der Waals surface area contributed by atoms with Crippen molar-refractivity contribution < 1.29 is 27.8 Å². The Labute approximate surface area is 204 Å². The van der Waals surface area contributed by atoms with Crippen LogP contribution in [0.1, 0.15) is 36.7 Å². The van der Waals surface area contributed by atoms with Crippen molar-refractivity contribution >= 4 is 27.9 Å². The maximum absolute atomic E-state index is 13.1. The second kappa shape index (κ2) is 10.9. The van der Waals surface area contributed by atoms with E-state index in [0.29, 0.717) is 22.0 Å². The van der Waals surface area contributed by atoms with Crippen LogP contribution in [0, 0.1) is 6.92 Å². The molecule has 0 radical (unpaired) electrons. The Kier molecular flexibility index (Phi) is 8.24. The number of sulfonamides is 1. The molecule has 0 amide bonds. The van der Waals surface area contributed by atoms with Crippen molar-refractivity contribution in [1.29, 1.82) is 0 Å². The molecule has 3 rings (SSSR count). The highest BCUT2D eigenvalue weighted by Crippen LogP contribution is 2.32. The maximum atomic E-state index is 13.1. The average Bonchev–Trinajstić information content (AvgIpc) is 2.79. The molecular weight excluding hydrogens is 474 g/mol. The molecule has 180 valence electrons. The van der Waals surface area contributed by atoms with Crippen LogP contribution in [-0.4, -0.2) is 35.9 Å². The van der Waals surface area contributed by atoms with Crippen molar-refractivity contribution in [3.8, 4) is 17.2 Å². The number of aromatic carboxylic acids is 1. The third-order valence-electron chi connectivity index (χ3n) is 4.73. The molecule has 0 aliphatic carbocycles. The van der Waals surface area contributed by atoms with Gasteiger partial charge in [-0.15, -0.1) is 3.71 Å². The fourth-order valence-electron chi connectivity index (χ4n) is 3.07. The molecule has 0 fully saturated rings. The fourth-order valence-corrected chi connectivity index (χ4v) is 5.69. The molecule has 0 saturated carbocycles. The fraction of sp³-hybridized carbons (Fsp3) is 0.240. The first kappa shape index (κ1) is 25.6. The summed E-state index contributed by atoms with van der Waals surface area (Å²) in [5, 5.41) is 9.33. The topological polar surface area (TPSA) is 93.1 Å². The van der Waals surface area contributed by atoms with Gasteiger partial charge in [-0.25, -0.2) is 13.2 Å². The monoisotopic (exact) mass is 501 g/mol. The van der Waals surface area contributed by atoms with Gasteiger partial charge in [0.1, 0.15) is 17.2 Å². The van der Waals surface area contributed by atoms with Crippen molar-refractivity contribution in [2.24, 2.45) is 0 Å². The highest BCUT2D eigenvalue weighted by atomic mass is 32.3. The van der Waals surface area contributed by atoms with E-state index in [9.17, 15) is 18.3 Å². The van der Waals surface area contributed by atoms with E-state index in [4.69, 9.17) is 9.47 Å². The largest absolute Gasteiger partial charge is 0.491 e. The van der Waals surface area contributed by atoms with Crippen molar-refractivity contribution in [2.45, 2.75) is 43.6 Å². The zero-order valence-electron chi connectivity index (χ0n) is 19.4. The average molecular weight is 502 g/mol. The number of carboxylic acid groups (broad SMARTS) is 1. The number of nitrogens with zero attached hydrogens (tertiary/aromatic N) is 1. The van der Waals surface area contributed by atoms with E-state index in [-0.39, 0.29) is 23.1 Å². The molecule has 0 bridgehead atoms. The minimum Gasteiger partial charge on any atom is -0.491 e. The summed E-state index contributed by atoms with van der Waals surface area (Å²) in [6.45, 7) is 7.48. The molecule has 0 aromatic heterocycles. The Morgan fingerprint density at radius 3 is 2.06 bits per heavy atom. The number of hydrogen-bond acceptors (Lipinski definition) is 6. The van der Waals surface area contributed by atoms with Gasteiger partial charge in [0, 0.05) is 11.4 Å². The summed E-state index contributed by atoms with van der Waals surface area (Å²) in [5.74, 6) is 0.863. The Morgan fingerprint density at radius 1 is 0.971 bits per heavy atom. The second-order valence-corrected chi connectivity index (χ2v) is 10.9. The SMILES string of the molecule is CCN(Sc1ccc(Oc2ccc(OC(C)C)cc2)cc1)S(=O)(=O)c1ccc(C)c(C(=O)O)c1. The smallest absolute Gasteiger partial charge is 0.335 e. The van der Waals surface area contributed by atoms with Crippen molar-refractivity contribution in [3.05, 3.63) is 77.9 Å². The number of rotatable bonds is 10. The summed E-state index contributed by atoms with van der Waals surface area (Å²) in [5.41, 5.74) is 0.465. The second-order valence-electron chi connectivity index (χ2n) is 7.71. The summed E-state index contributed by atoms with van der Waals surface area (Å²) in [4.78, 5) is 12.1. The molecule has 7 nitrogen and oxygen atoms in total. The molecule has 1 N–H and O–H groups in total. The maximum Gasteiger partial charge on any atom is 0.335 e. The number of carbonyl (C=O) groups is 1. The molecule has 3 aromatic rings. The lowest BCUT2D eigenvalue weighted by atomic mass is 10.1. The molecule has 0 aliphatic heterocycles. The van der Waals surface area contributed by atoms with E-state index in [0.717, 1.165) is 17.7 Å². The predicted octanol–water partition coefficient (Wildman–Crippen LogP) is 5.99. The third-order valence-corrected chi connectivity index (χ3v) is 8.13. The Morgan fingerprint density at radius 2 is 1.53 bits per heavy atom. The van der Waals surface area contributed by atoms with Gasteiger partial charge in [0.25, 0.3) is 10.0 Å². The highest BCUT2D eigenvalue weighted by Gasteiger charge is 2.26. The summed E-state index contributed by atoms with van der Waals surface area (Å²) in [6.07, 6.45) is 0.0912. The molecule has 0 spiro atoms. The van der Waals surface area contributed by atoms with Crippen LogP contribution in [0.15, 0.2) is 76.5 Å². The van der Waals surface area contributed by atoms with E-state index >= 15 is 0 Å². The molecule has 0 heterocycles. The third kappa shape index (κ3) is 6.31. The zero-order chi connectivity index (χ0) is 24.9. The van der Waals surface area contributed by atoms with Gasteiger partial charge in [0.15, 0.2) is 0 Å². The van der Waals surface area contributed by atoms with Crippen LogP contribution in [0.4, 0.5) is 0 Å². The summed E-state index contributed by atoms with van der Waals surface area (Å²) in [7, 11) is -3.90. The van der Waals surface area contributed by atoms with Crippen LogP contribution in [-0.2, 0) is 10.0 Å². The van der Waals surface area contributed by atoms with Gasteiger partial charge in [-0.05, 0) is 98.9 Å². The van der Waals surface area contributed by atoms with Crippen LogP contribution in [0.3, 0.4) is 0 Å². The summed E-state index contributed by atoms with van der Waals surface area (Å²) >= 11 is 1.06. The van der Waals surface area contributed by atoms with E-state index in [1.807, 2.05) is 38.1 Å². The molecule has 0 saturated heterocycles. The van der Waals surface area contributed by atoms with E-state index < -0.39 is 16.0 Å². The van der Waals surface area contributed by atoms with E-state index in [1.54, 1.807) is 38.1 Å². The molecule has 0 unspecified atom stereocenters. The number of aryl methyl sites for hydroxylation is 1. The van der Waals surface area contributed by atoms with Crippen LogP contribution in [0.25, 0.3) is 0 Å². The summed E-state index contributed by atoms with van der Waals surface area (Å²) < 4.78 is 39.0. The summed E-state index contributed by atoms with van der Waals surface area (Å²) in [6, 6.07) is 18.5. The van der Waals surface area contributed by atoms with E-state index in [2.05, 4.69) is 0 Å². The molecule has 0 aliphatic rings. The van der Waals surface area contributed by atoms with Gasteiger partial charge in [0.05, 0.1) is 16.6 Å². The minimum atomic E-state index is -3.90. The van der Waals surface area contributed by atoms with Crippen LogP contribution in [0.2, 0.25) is 0 Å². The number of carboxylic acids is 1. The molecular formula is C25H27NO6S2. The minimum absolute atomic E-state index is 0.0348. The Hall–Kier alpha value is -3.01. The first-order valence-corrected chi connectivity index (χ1v) is 12.9. The highest BCUT2D eigenvalue weighted by molar-refractivity contribution is 8.08. The first-order valence-electron chi connectivity index (χ1n) is 10.7. The van der Waals surface area contributed by atoms with Crippen molar-refractivity contribution in [1.82, 2.24) is 3.71 Å². The van der Waals surface area contributed by atoms with Crippen LogP contribution in [0.5, 0.6) is 17.2 Å². The van der Waals surface area contributed by atoms with Gasteiger partial charge in [-0.2, -0.15) is 0 Å². The lowest BCUT2D eigenvalue weighted by molar-refractivity contribution is 0.0696. The van der Waals surface area contributed by atoms with E-state index in [1.165, 1.54) is 21.9 Å². The van der Waals surface area contributed by atoms with Gasteiger partial charge in [-0.3, -0.25) is 0 Å². The first-order chi connectivity index (χ1) is 16.1. The number of benzene rings is 3. The number of ether oxygens (including phenoxy) is 2. The normalized spacial score (nSPS) is 11.6. The lowest BCUT2D eigenvalue weighted by Gasteiger charge is -2.20. The van der Waals surface area contributed by atoms with Gasteiger partial charge >= 0.3 is 5.97 Å².